The maximum Gasteiger partial charge on any atom is 0.308 e. The van der Waals surface area contributed by atoms with E-state index in [-0.39, 0.29) is 30.5 Å². The normalized spacial score (nSPS) is 13.8. The first-order valence-corrected chi connectivity index (χ1v) is 5.14. The van der Waals surface area contributed by atoms with Crippen LogP contribution in [0.3, 0.4) is 0 Å². The first-order chi connectivity index (χ1) is 6.37. The summed E-state index contributed by atoms with van der Waals surface area (Å²) in [6, 6.07) is 0. The molecule has 3 nitrogen and oxygen atoms in total. The van der Waals surface area contributed by atoms with Crippen LogP contribution in [0.15, 0.2) is 0 Å². The second-order valence-corrected chi connectivity index (χ2v) is 4.89. The fraction of sp³-hybridized carbons (Fsp3) is 0.909. The van der Waals surface area contributed by atoms with Gasteiger partial charge in [-0.15, -0.1) is 0 Å². The van der Waals surface area contributed by atoms with E-state index in [0.29, 0.717) is 0 Å². The van der Waals surface area contributed by atoms with Crippen molar-refractivity contribution in [3.8, 4) is 0 Å². The number of aliphatic hydroxyl groups excluding tert-OH is 1. The lowest BCUT2D eigenvalue weighted by atomic mass is 9.87. The maximum atomic E-state index is 11.3. The standard InChI is InChI=1S/C11H22O3/c1-9(5-6-11(2,3)4)10(13)14-8-7-12/h9,12H,5-8H2,1-4H3. The van der Waals surface area contributed by atoms with Crippen LogP contribution in [0.1, 0.15) is 40.5 Å². The van der Waals surface area contributed by atoms with Gasteiger partial charge in [-0.05, 0) is 18.3 Å². The molecule has 0 fully saturated rings. The van der Waals surface area contributed by atoms with Gasteiger partial charge in [0.2, 0.25) is 0 Å². The van der Waals surface area contributed by atoms with Crippen molar-refractivity contribution in [3.63, 3.8) is 0 Å². The van der Waals surface area contributed by atoms with Crippen molar-refractivity contribution in [1.82, 2.24) is 0 Å². The van der Waals surface area contributed by atoms with E-state index >= 15 is 0 Å². The van der Waals surface area contributed by atoms with Gasteiger partial charge in [-0.3, -0.25) is 4.79 Å². The number of carbonyl (C=O) groups excluding carboxylic acids is 1. The van der Waals surface area contributed by atoms with Gasteiger partial charge in [0.05, 0.1) is 12.5 Å². The van der Waals surface area contributed by atoms with Gasteiger partial charge >= 0.3 is 5.97 Å². The van der Waals surface area contributed by atoms with Crippen LogP contribution in [0.2, 0.25) is 0 Å². The van der Waals surface area contributed by atoms with Crippen LogP contribution in [0.5, 0.6) is 0 Å². The van der Waals surface area contributed by atoms with Gasteiger partial charge in [0.15, 0.2) is 0 Å². The number of hydrogen-bond acceptors (Lipinski definition) is 3. The van der Waals surface area contributed by atoms with E-state index in [1.807, 2.05) is 6.92 Å². The second kappa shape index (κ2) is 6.02. The lowest BCUT2D eigenvalue weighted by molar-refractivity contribution is -0.149. The van der Waals surface area contributed by atoms with Crippen LogP contribution in [0, 0.1) is 11.3 Å². The predicted octanol–water partition coefficient (Wildman–Crippen LogP) is 1.98. The second-order valence-electron chi connectivity index (χ2n) is 4.89. The van der Waals surface area contributed by atoms with Crippen molar-refractivity contribution in [2.24, 2.45) is 11.3 Å². The third-order valence-corrected chi connectivity index (χ3v) is 2.07. The highest BCUT2D eigenvalue weighted by Gasteiger charge is 2.18. The summed E-state index contributed by atoms with van der Waals surface area (Å²) < 4.78 is 4.83. The highest BCUT2D eigenvalue weighted by Crippen LogP contribution is 2.23. The first-order valence-electron chi connectivity index (χ1n) is 5.14. The molecule has 0 spiro atoms. The molecule has 0 aliphatic heterocycles. The molecular formula is C11H22O3. The zero-order chi connectivity index (χ0) is 11.2. The van der Waals surface area contributed by atoms with Gasteiger partial charge < -0.3 is 9.84 Å². The minimum absolute atomic E-state index is 0.0687. The highest BCUT2D eigenvalue weighted by atomic mass is 16.5. The average molecular weight is 202 g/mol. The third kappa shape index (κ3) is 6.89. The quantitative estimate of drug-likeness (QED) is 0.693. The Labute approximate surface area is 86.5 Å². The van der Waals surface area contributed by atoms with E-state index in [1.165, 1.54) is 0 Å². The molecule has 1 N–H and O–H groups in total. The molecule has 0 saturated heterocycles. The summed E-state index contributed by atoms with van der Waals surface area (Å²) >= 11 is 0. The largest absolute Gasteiger partial charge is 0.463 e. The van der Waals surface area contributed by atoms with Crippen molar-refractivity contribution in [3.05, 3.63) is 0 Å². The van der Waals surface area contributed by atoms with Gasteiger partial charge in [0, 0.05) is 0 Å². The van der Waals surface area contributed by atoms with Gasteiger partial charge in [-0.1, -0.05) is 27.7 Å². The number of aliphatic hydroxyl groups is 1. The Kier molecular flexibility index (Phi) is 5.77. The molecule has 0 aliphatic rings. The molecular weight excluding hydrogens is 180 g/mol. The molecule has 0 amide bonds. The number of esters is 1. The Bertz CT molecular complexity index is 170. The van der Waals surface area contributed by atoms with Crippen molar-refractivity contribution in [2.75, 3.05) is 13.2 Å². The summed E-state index contributed by atoms with van der Waals surface area (Å²) in [5.74, 6) is -0.274. The van der Waals surface area contributed by atoms with E-state index in [0.717, 1.165) is 12.8 Å². The lowest BCUT2D eigenvalue weighted by Crippen LogP contribution is -2.18. The van der Waals surface area contributed by atoms with Crippen molar-refractivity contribution in [1.29, 1.82) is 0 Å². The Balaban J connectivity index is 3.73. The highest BCUT2D eigenvalue weighted by molar-refractivity contribution is 5.71. The number of rotatable bonds is 5. The first kappa shape index (κ1) is 13.4. The van der Waals surface area contributed by atoms with Gasteiger partial charge in [-0.2, -0.15) is 0 Å². The maximum absolute atomic E-state index is 11.3. The van der Waals surface area contributed by atoms with Crippen LogP contribution in [0.4, 0.5) is 0 Å². The predicted molar refractivity (Wildman–Crippen MR) is 55.9 cm³/mol. The Morgan fingerprint density at radius 3 is 2.43 bits per heavy atom. The average Bonchev–Trinajstić information content (AvgIpc) is 2.09. The molecule has 1 atom stereocenters. The van der Waals surface area contributed by atoms with E-state index in [1.54, 1.807) is 0 Å². The van der Waals surface area contributed by atoms with Crippen molar-refractivity contribution < 1.29 is 14.6 Å². The van der Waals surface area contributed by atoms with Gasteiger partial charge in [0.25, 0.3) is 0 Å². The minimum atomic E-state index is -0.205. The number of ether oxygens (including phenoxy) is 1. The third-order valence-electron chi connectivity index (χ3n) is 2.07. The molecule has 0 bridgehead atoms. The molecule has 0 aromatic carbocycles. The zero-order valence-electron chi connectivity index (χ0n) is 9.67. The molecule has 0 aromatic heterocycles. The summed E-state index contributed by atoms with van der Waals surface area (Å²) in [6.45, 7) is 8.33. The van der Waals surface area contributed by atoms with Crippen LogP contribution in [-0.4, -0.2) is 24.3 Å². The van der Waals surface area contributed by atoms with Crippen LogP contribution < -0.4 is 0 Å². The summed E-state index contributed by atoms with van der Waals surface area (Å²) in [6.07, 6.45) is 1.84. The van der Waals surface area contributed by atoms with Crippen LogP contribution in [0.25, 0.3) is 0 Å². The molecule has 84 valence electrons. The minimum Gasteiger partial charge on any atom is -0.463 e. The number of hydrogen-bond donors (Lipinski definition) is 1. The van der Waals surface area contributed by atoms with Crippen LogP contribution in [-0.2, 0) is 9.53 Å². The Morgan fingerprint density at radius 2 is 2.00 bits per heavy atom. The van der Waals surface area contributed by atoms with Gasteiger partial charge in [0.1, 0.15) is 6.61 Å². The molecule has 0 heterocycles. The van der Waals surface area contributed by atoms with Gasteiger partial charge in [-0.25, -0.2) is 0 Å². The van der Waals surface area contributed by atoms with E-state index in [4.69, 9.17) is 9.84 Å². The monoisotopic (exact) mass is 202 g/mol. The molecule has 0 aromatic rings. The molecule has 0 radical (unpaired) electrons. The number of carbonyl (C=O) groups is 1. The van der Waals surface area contributed by atoms with E-state index in [2.05, 4.69) is 20.8 Å². The Hall–Kier alpha value is -0.570. The van der Waals surface area contributed by atoms with E-state index in [9.17, 15) is 4.79 Å². The SMILES string of the molecule is CC(CCC(C)(C)C)C(=O)OCCO. The molecule has 1 unspecified atom stereocenters. The molecule has 0 rings (SSSR count). The lowest BCUT2D eigenvalue weighted by Gasteiger charge is -2.20. The van der Waals surface area contributed by atoms with Crippen molar-refractivity contribution in [2.45, 2.75) is 40.5 Å². The fourth-order valence-corrected chi connectivity index (χ4v) is 1.06. The zero-order valence-corrected chi connectivity index (χ0v) is 9.67. The topological polar surface area (TPSA) is 46.5 Å². The summed E-state index contributed by atoms with van der Waals surface area (Å²) in [7, 11) is 0. The summed E-state index contributed by atoms with van der Waals surface area (Å²) in [5.41, 5.74) is 0.255. The molecule has 14 heavy (non-hydrogen) atoms. The smallest absolute Gasteiger partial charge is 0.308 e. The van der Waals surface area contributed by atoms with Crippen LogP contribution >= 0.6 is 0 Å². The van der Waals surface area contributed by atoms with Crippen molar-refractivity contribution >= 4 is 5.97 Å². The molecule has 0 saturated carbocycles. The van der Waals surface area contributed by atoms with E-state index < -0.39 is 0 Å². The summed E-state index contributed by atoms with van der Waals surface area (Å²) in [4.78, 5) is 11.3. The Morgan fingerprint density at radius 1 is 1.43 bits per heavy atom. The molecule has 3 heteroatoms. The fourth-order valence-electron chi connectivity index (χ4n) is 1.06. The molecule has 0 aliphatic carbocycles. The summed E-state index contributed by atoms with van der Waals surface area (Å²) in [5, 5.41) is 8.48.